The second-order valence-corrected chi connectivity index (χ2v) is 29.3. The molecular weight excluding hydrogens is 1310 g/mol. The highest BCUT2D eigenvalue weighted by molar-refractivity contribution is 5.99. The number of benzene rings is 6. The molecule has 11 atom stereocenters. The van der Waals surface area contributed by atoms with E-state index >= 15 is 14.4 Å². The molecule has 103 heavy (non-hydrogen) atoms. The van der Waals surface area contributed by atoms with Crippen molar-refractivity contribution < 1.29 is 62.5 Å². The normalized spacial score (nSPS) is 22.1. The number of carbonyl (C=O) groups is 10. The largest absolute Gasteiger partial charge is 0.490 e. The standard InChI is InChI=1S/C79H99N11O13/c1-47(80-9)68(91)86-66(78(3,4)5)75(98)89-45-58-43-64(89)72(95)84-62(42-52-25-29-54-19-13-15-21-57(54)39-52)71(94)85-63(77(100)101)40-50-26-32-59(33-27-50)102-36-16-17-37-103-60-44-65(90(46-60)76(99)67(79(6,7)8)87-69(92)48(2)81-10)73(96)83-61(41-51-24-28-53-18-12-14-20-56(53)38-51)70(93)82-35-34-49-22-30-55(31-23-49)74(97)88(58)11/h12-33,38-39,47-48,58,60-67,80-81H,34-37,40-46H2,1-11H3,(H,82,93)(H,83,96)(H,84,95)(H,85,94)(H,86,91)(H,87,92)(H,100,101)/t47-,48-,58-,60?,61-,62-,63-,64-,65-,66+,67+/m0/s1. The highest BCUT2D eigenvalue weighted by atomic mass is 16.5. The van der Waals surface area contributed by atoms with Crippen molar-refractivity contribution in [3.8, 4) is 5.75 Å². The van der Waals surface area contributed by atoms with Gasteiger partial charge in [0.2, 0.25) is 47.3 Å². The molecule has 0 saturated carbocycles. The van der Waals surface area contributed by atoms with E-state index in [1.54, 1.807) is 116 Å². The summed E-state index contributed by atoms with van der Waals surface area (Å²) in [6.45, 7) is 14.3. The smallest absolute Gasteiger partial charge is 0.326 e. The lowest BCUT2D eigenvalue weighted by Gasteiger charge is -2.36. The molecule has 0 spiro atoms. The predicted molar refractivity (Wildman–Crippen MR) is 392 cm³/mol. The first-order valence-corrected chi connectivity index (χ1v) is 35.3. The molecule has 8 bridgehead atoms. The van der Waals surface area contributed by atoms with Gasteiger partial charge in [-0.15, -0.1) is 0 Å². The molecule has 6 aliphatic rings. The lowest BCUT2D eigenvalue weighted by molar-refractivity contribution is -0.145. The van der Waals surface area contributed by atoms with Gasteiger partial charge in [0.15, 0.2) is 0 Å². The Kier molecular flexibility index (Phi) is 25.7. The molecule has 2 saturated heterocycles. The Balaban J connectivity index is 1.03. The van der Waals surface area contributed by atoms with Crippen LogP contribution in [0.15, 0.2) is 146 Å². The number of hydrogen-bond donors (Lipinski definition) is 9. The van der Waals surface area contributed by atoms with E-state index in [0.29, 0.717) is 23.3 Å². The van der Waals surface area contributed by atoms with Gasteiger partial charge in [-0.1, -0.05) is 157 Å². The van der Waals surface area contributed by atoms with Crippen molar-refractivity contribution in [3.63, 3.8) is 0 Å². The van der Waals surface area contributed by atoms with Crippen LogP contribution in [0.3, 0.4) is 0 Å². The van der Waals surface area contributed by atoms with Crippen molar-refractivity contribution in [3.05, 3.63) is 173 Å². The van der Waals surface area contributed by atoms with E-state index in [4.69, 9.17) is 9.47 Å². The molecule has 0 radical (unpaired) electrons. The number of likely N-dealkylation sites (N-methyl/N-ethyl adjacent to an activating group) is 3. The van der Waals surface area contributed by atoms with Crippen LogP contribution in [-0.2, 0) is 73.6 Å². The van der Waals surface area contributed by atoms with Crippen LogP contribution in [0.5, 0.6) is 5.75 Å². The number of nitrogens with one attached hydrogen (secondary N) is 8. The Labute approximate surface area is 602 Å². The molecule has 9 amide bonds. The number of aliphatic carboxylic acids is 1. The Morgan fingerprint density at radius 3 is 1.57 bits per heavy atom. The van der Waals surface area contributed by atoms with Crippen LogP contribution in [0.25, 0.3) is 21.5 Å². The summed E-state index contributed by atoms with van der Waals surface area (Å²) in [5.41, 5.74) is 1.28. The Morgan fingerprint density at radius 1 is 0.573 bits per heavy atom. The third-order valence-electron chi connectivity index (χ3n) is 19.6. The molecule has 6 aromatic rings. The lowest BCUT2D eigenvalue weighted by atomic mass is 9.85. The number of amides is 9. The number of carboxylic acid groups (broad SMARTS) is 1. The third kappa shape index (κ3) is 20.0. The second-order valence-electron chi connectivity index (χ2n) is 29.3. The topological polar surface area (TPSA) is 315 Å². The number of fused-ring (bicyclic) bond motifs is 2. The molecule has 12 rings (SSSR count). The number of carboxylic acids is 1. The summed E-state index contributed by atoms with van der Waals surface area (Å²) in [6, 6.07) is 29.6. The van der Waals surface area contributed by atoms with Crippen molar-refractivity contribution in [2.24, 2.45) is 10.8 Å². The van der Waals surface area contributed by atoms with Gasteiger partial charge >= 0.3 is 5.97 Å². The van der Waals surface area contributed by atoms with Gasteiger partial charge < -0.3 is 71.8 Å². The number of hydrogen-bond acceptors (Lipinski definition) is 14. The maximum Gasteiger partial charge on any atom is 0.326 e. The molecule has 24 nitrogen and oxygen atoms in total. The molecule has 548 valence electrons. The highest BCUT2D eigenvalue weighted by Crippen LogP contribution is 2.32. The summed E-state index contributed by atoms with van der Waals surface area (Å²) < 4.78 is 12.4. The Bertz CT molecular complexity index is 4100. The molecule has 9 N–H and O–H groups in total. The quantitative estimate of drug-likeness (QED) is 0.0674. The molecule has 0 aromatic heterocycles. The van der Waals surface area contributed by atoms with Crippen LogP contribution < -0.4 is 47.3 Å². The monoisotopic (exact) mass is 1410 g/mol. The average Bonchev–Trinajstić information content (AvgIpc) is 1.67. The fraction of sp³-hybridized carbons (Fsp3) is 0.443. The van der Waals surface area contributed by atoms with E-state index in [9.17, 15) is 38.7 Å². The van der Waals surface area contributed by atoms with Gasteiger partial charge in [-0.25, -0.2) is 4.79 Å². The first-order valence-electron chi connectivity index (χ1n) is 35.3. The second kappa shape index (κ2) is 34.3. The van der Waals surface area contributed by atoms with Gasteiger partial charge in [0.25, 0.3) is 5.91 Å². The maximum absolute atomic E-state index is 15.3. The molecule has 0 aliphatic carbocycles. The predicted octanol–water partition coefficient (Wildman–Crippen LogP) is 5.17. The van der Waals surface area contributed by atoms with E-state index in [1.165, 1.54) is 14.7 Å². The molecule has 2 fully saturated rings. The first-order chi connectivity index (χ1) is 49.0. The fourth-order valence-corrected chi connectivity index (χ4v) is 13.1. The van der Waals surface area contributed by atoms with E-state index in [1.807, 2.05) is 106 Å². The summed E-state index contributed by atoms with van der Waals surface area (Å²) in [5, 5.41) is 37.7. The summed E-state index contributed by atoms with van der Waals surface area (Å²) >= 11 is 0. The van der Waals surface area contributed by atoms with Crippen LogP contribution >= 0.6 is 0 Å². The van der Waals surface area contributed by atoms with E-state index < -0.39 is 136 Å². The molecule has 6 heterocycles. The highest BCUT2D eigenvalue weighted by Gasteiger charge is 2.49. The minimum absolute atomic E-state index is 0.00740. The minimum atomic E-state index is -1.48. The Hall–Kier alpha value is -10.0. The number of nitrogens with zero attached hydrogens (tertiary/aromatic N) is 3. The number of ether oxygens (including phenoxy) is 2. The van der Waals surface area contributed by atoms with Gasteiger partial charge in [0.1, 0.15) is 54.6 Å². The molecule has 1 unspecified atom stereocenters. The van der Waals surface area contributed by atoms with Crippen molar-refractivity contribution in [2.45, 2.75) is 160 Å². The summed E-state index contributed by atoms with van der Waals surface area (Å²) in [7, 11) is 4.82. The number of rotatable bonds is 13. The summed E-state index contributed by atoms with van der Waals surface area (Å²) in [4.78, 5) is 149. The zero-order chi connectivity index (χ0) is 74.4. The van der Waals surface area contributed by atoms with Gasteiger partial charge in [-0.05, 0) is 126 Å². The zero-order valence-corrected chi connectivity index (χ0v) is 60.7. The van der Waals surface area contributed by atoms with E-state index in [0.717, 1.165) is 32.7 Å². The Morgan fingerprint density at radius 2 is 1.06 bits per heavy atom. The van der Waals surface area contributed by atoms with Crippen molar-refractivity contribution in [2.75, 3.05) is 54.0 Å². The van der Waals surface area contributed by atoms with Gasteiger partial charge in [-0.3, -0.25) is 43.2 Å². The first kappa shape index (κ1) is 77.1. The van der Waals surface area contributed by atoms with Gasteiger partial charge in [-0.2, -0.15) is 0 Å². The van der Waals surface area contributed by atoms with Crippen LogP contribution in [0, 0.1) is 10.8 Å². The average molecular weight is 1410 g/mol. The molecule has 6 aromatic carbocycles. The van der Waals surface area contributed by atoms with E-state index in [-0.39, 0.29) is 70.5 Å². The number of likely N-dealkylation sites (tertiary alicyclic amines) is 2. The van der Waals surface area contributed by atoms with Crippen LogP contribution in [-0.4, -0.2) is 199 Å². The minimum Gasteiger partial charge on any atom is -0.490 e. The number of carbonyl (C=O) groups excluding carboxylic acids is 9. The van der Waals surface area contributed by atoms with Crippen LogP contribution in [0.2, 0.25) is 0 Å². The fourth-order valence-electron chi connectivity index (χ4n) is 13.1. The third-order valence-corrected chi connectivity index (χ3v) is 19.6. The van der Waals surface area contributed by atoms with Crippen molar-refractivity contribution >= 4 is 80.7 Å². The SMILES string of the molecule is CN[C@@H](C)C(=O)N[C@H](C(=O)N1CC2C[C@H]1C(=O)N[C@@H](Cc1ccc3ccccc3c1)C(=O)NCCc1ccc(cc1)C(=O)N(C)[C@H]1C[C@@H](C(=O)N[C@@H](Cc3ccc4ccccc4c3)C(=O)N[C@H](C(=O)O)Cc3ccc(cc3)OCC=CCO2)N(C(=O)[C@@H](NC(=O)[C@H](C)NC)C(C)(C)C)C1)C(C)(C)C. The zero-order valence-electron chi connectivity index (χ0n) is 60.7. The van der Waals surface area contributed by atoms with Gasteiger partial charge in [0, 0.05) is 57.9 Å². The van der Waals surface area contributed by atoms with Crippen molar-refractivity contribution in [1.29, 1.82) is 0 Å². The summed E-state index contributed by atoms with van der Waals surface area (Å²) in [5.74, 6) is -5.93. The van der Waals surface area contributed by atoms with Crippen molar-refractivity contribution in [1.82, 2.24) is 57.2 Å². The summed E-state index contributed by atoms with van der Waals surface area (Å²) in [6.07, 6.45) is 2.95. The maximum atomic E-state index is 15.3. The molecular formula is C79H99N11O13. The van der Waals surface area contributed by atoms with E-state index in [2.05, 4.69) is 42.5 Å². The molecule has 6 aliphatic heterocycles. The van der Waals surface area contributed by atoms with Crippen LogP contribution in [0.1, 0.15) is 101 Å². The van der Waals surface area contributed by atoms with Gasteiger partial charge in [0.05, 0.1) is 30.8 Å². The van der Waals surface area contributed by atoms with Crippen LogP contribution in [0.4, 0.5) is 0 Å². The lowest BCUT2D eigenvalue weighted by Crippen LogP contribution is -2.61. The molecule has 24 heteroatoms.